The lowest BCUT2D eigenvalue weighted by molar-refractivity contribution is 0.179. The van der Waals surface area contributed by atoms with Crippen molar-refractivity contribution < 1.29 is 4.74 Å². The van der Waals surface area contributed by atoms with Crippen molar-refractivity contribution >= 4 is 16.7 Å². The van der Waals surface area contributed by atoms with Gasteiger partial charge in [0.1, 0.15) is 6.61 Å². The molecule has 1 saturated carbocycles. The molecular weight excluding hydrogens is 376 g/mol. The molecule has 0 bridgehead atoms. The molecular formula is C19H22N6O2S. The van der Waals surface area contributed by atoms with E-state index in [1.165, 1.54) is 11.5 Å². The van der Waals surface area contributed by atoms with Gasteiger partial charge in [-0.25, -0.2) is 9.67 Å². The van der Waals surface area contributed by atoms with Crippen molar-refractivity contribution in [3.8, 4) is 11.3 Å². The summed E-state index contributed by atoms with van der Waals surface area (Å²) in [7, 11) is 1.63. The second-order valence-corrected chi connectivity index (χ2v) is 7.59. The first-order valence-corrected chi connectivity index (χ1v) is 10.1. The minimum absolute atomic E-state index is 0.0532. The molecule has 1 aliphatic carbocycles. The Morgan fingerprint density at radius 2 is 1.96 bits per heavy atom. The van der Waals surface area contributed by atoms with Crippen LogP contribution in [0.2, 0.25) is 0 Å². The molecule has 4 rings (SSSR count). The van der Waals surface area contributed by atoms with Crippen molar-refractivity contribution in [3.63, 3.8) is 0 Å². The topological polar surface area (TPSA) is 94.8 Å². The summed E-state index contributed by atoms with van der Waals surface area (Å²) in [6.07, 6.45) is 7.17. The van der Waals surface area contributed by atoms with Gasteiger partial charge in [-0.2, -0.15) is 9.47 Å². The third-order valence-electron chi connectivity index (χ3n) is 4.91. The maximum absolute atomic E-state index is 12.4. The average molecular weight is 398 g/mol. The Balaban J connectivity index is 1.41. The number of hydrogen-bond acceptors (Lipinski definition) is 8. The van der Waals surface area contributed by atoms with Gasteiger partial charge in [-0.05, 0) is 43.9 Å². The number of ether oxygens (including phenoxy) is 1. The van der Waals surface area contributed by atoms with Crippen molar-refractivity contribution in [2.45, 2.75) is 44.4 Å². The van der Waals surface area contributed by atoms with E-state index in [-0.39, 0.29) is 11.6 Å². The number of hydrogen-bond donors (Lipinski definition) is 1. The molecule has 0 saturated heterocycles. The average Bonchev–Trinajstić information content (AvgIpc) is 3.17. The predicted molar refractivity (Wildman–Crippen MR) is 107 cm³/mol. The van der Waals surface area contributed by atoms with Gasteiger partial charge in [0, 0.05) is 48.7 Å². The Morgan fingerprint density at radius 1 is 1.18 bits per heavy atom. The first-order chi connectivity index (χ1) is 13.7. The van der Waals surface area contributed by atoms with Crippen molar-refractivity contribution in [3.05, 3.63) is 52.8 Å². The maximum atomic E-state index is 12.4. The number of nitrogens with zero attached hydrogens (tertiary/aromatic N) is 5. The van der Waals surface area contributed by atoms with E-state index < -0.39 is 0 Å². The molecule has 0 amide bonds. The van der Waals surface area contributed by atoms with Gasteiger partial charge in [0.2, 0.25) is 5.13 Å². The summed E-state index contributed by atoms with van der Waals surface area (Å²) in [5.74, 6) is 0.701. The smallest absolute Gasteiger partial charge is 0.267 e. The van der Waals surface area contributed by atoms with Crippen molar-refractivity contribution in [1.82, 2.24) is 24.1 Å². The Kier molecular flexibility index (Phi) is 5.73. The number of nitrogens with one attached hydrogen (secondary N) is 1. The Bertz CT molecular complexity index is 966. The summed E-state index contributed by atoms with van der Waals surface area (Å²) in [6.45, 7) is 0.424. The summed E-state index contributed by atoms with van der Waals surface area (Å²) in [5, 5.41) is 8.90. The molecule has 1 fully saturated rings. The molecule has 9 heteroatoms. The molecule has 3 aromatic heterocycles. The van der Waals surface area contributed by atoms with E-state index in [0.717, 1.165) is 42.1 Å². The lowest BCUT2D eigenvalue weighted by Gasteiger charge is -2.29. The zero-order valence-electron chi connectivity index (χ0n) is 15.6. The molecule has 1 N–H and O–H groups in total. The standard InChI is InChI=1S/C19H22N6O2S/c1-27-12-17-22-19(28-24-17)21-14-2-4-15(5-3-14)25-18(26)7-6-16(23-25)13-8-10-20-11-9-13/h6-11,14-15H,2-5,12H2,1H3,(H,21,22,24). The van der Waals surface area contributed by atoms with Gasteiger partial charge in [0.15, 0.2) is 5.82 Å². The quantitative estimate of drug-likeness (QED) is 0.682. The van der Waals surface area contributed by atoms with Gasteiger partial charge < -0.3 is 10.1 Å². The fourth-order valence-electron chi connectivity index (χ4n) is 3.50. The number of pyridine rings is 1. The second-order valence-electron chi connectivity index (χ2n) is 6.84. The van der Waals surface area contributed by atoms with Gasteiger partial charge in [-0.1, -0.05) is 0 Å². The van der Waals surface area contributed by atoms with Crippen LogP contribution >= 0.6 is 11.5 Å². The van der Waals surface area contributed by atoms with Crippen LogP contribution in [0.15, 0.2) is 41.5 Å². The fourth-order valence-corrected chi connectivity index (χ4v) is 4.15. The van der Waals surface area contributed by atoms with Gasteiger partial charge in [0.25, 0.3) is 5.56 Å². The number of anilines is 1. The van der Waals surface area contributed by atoms with Crippen LogP contribution in [-0.4, -0.2) is 37.3 Å². The zero-order valence-corrected chi connectivity index (χ0v) is 16.4. The number of methoxy groups -OCH3 is 1. The summed E-state index contributed by atoms with van der Waals surface area (Å²) in [4.78, 5) is 20.8. The molecule has 0 aliphatic heterocycles. The zero-order chi connectivity index (χ0) is 19.3. The molecule has 1 aliphatic rings. The minimum Gasteiger partial charge on any atom is -0.377 e. The van der Waals surface area contributed by atoms with Gasteiger partial charge in [-0.15, -0.1) is 0 Å². The third-order valence-corrected chi connectivity index (χ3v) is 5.60. The normalized spacial score (nSPS) is 19.5. The first kappa shape index (κ1) is 18.7. The van der Waals surface area contributed by atoms with E-state index in [4.69, 9.17) is 4.74 Å². The summed E-state index contributed by atoms with van der Waals surface area (Å²) >= 11 is 1.36. The van der Waals surface area contributed by atoms with Crippen LogP contribution in [0.3, 0.4) is 0 Å². The van der Waals surface area contributed by atoms with E-state index in [9.17, 15) is 4.79 Å². The third kappa shape index (κ3) is 4.26. The maximum Gasteiger partial charge on any atom is 0.267 e. The molecule has 0 aromatic carbocycles. The fraction of sp³-hybridized carbons (Fsp3) is 0.421. The van der Waals surface area contributed by atoms with Crippen LogP contribution in [-0.2, 0) is 11.3 Å². The van der Waals surface area contributed by atoms with Crippen LogP contribution in [0, 0.1) is 0 Å². The molecule has 0 spiro atoms. The summed E-state index contributed by atoms with van der Waals surface area (Å²) in [5.41, 5.74) is 1.70. The van der Waals surface area contributed by atoms with Crippen LogP contribution < -0.4 is 10.9 Å². The van der Waals surface area contributed by atoms with Crippen LogP contribution in [0.4, 0.5) is 5.13 Å². The Labute approximate surface area is 166 Å². The molecule has 0 atom stereocenters. The van der Waals surface area contributed by atoms with E-state index in [1.807, 2.05) is 12.1 Å². The van der Waals surface area contributed by atoms with Crippen molar-refractivity contribution in [2.24, 2.45) is 0 Å². The van der Waals surface area contributed by atoms with Crippen LogP contribution in [0.25, 0.3) is 11.3 Å². The molecule has 0 radical (unpaired) electrons. The van der Waals surface area contributed by atoms with Gasteiger partial charge in [-0.3, -0.25) is 9.78 Å². The highest BCUT2D eigenvalue weighted by molar-refractivity contribution is 7.09. The van der Waals surface area contributed by atoms with Gasteiger partial charge in [0.05, 0.1) is 11.7 Å². The molecule has 146 valence electrons. The Morgan fingerprint density at radius 3 is 2.71 bits per heavy atom. The van der Waals surface area contributed by atoms with E-state index in [2.05, 4.69) is 24.8 Å². The molecule has 3 aromatic rings. The monoisotopic (exact) mass is 398 g/mol. The predicted octanol–water partition coefficient (Wildman–Crippen LogP) is 2.90. The first-order valence-electron chi connectivity index (χ1n) is 9.31. The lowest BCUT2D eigenvalue weighted by atomic mass is 9.91. The highest BCUT2D eigenvalue weighted by Gasteiger charge is 2.24. The number of rotatable bonds is 6. The van der Waals surface area contributed by atoms with E-state index in [1.54, 1.807) is 36.3 Å². The lowest BCUT2D eigenvalue weighted by Crippen LogP contribution is -2.33. The second kappa shape index (κ2) is 8.57. The van der Waals surface area contributed by atoms with Crippen molar-refractivity contribution in [1.29, 1.82) is 0 Å². The minimum atomic E-state index is -0.0532. The van der Waals surface area contributed by atoms with Crippen molar-refractivity contribution in [2.75, 3.05) is 12.4 Å². The number of aromatic nitrogens is 5. The van der Waals surface area contributed by atoms with Crippen LogP contribution in [0.1, 0.15) is 37.5 Å². The van der Waals surface area contributed by atoms with Gasteiger partial charge >= 0.3 is 0 Å². The highest BCUT2D eigenvalue weighted by atomic mass is 32.1. The summed E-state index contributed by atoms with van der Waals surface area (Å²) < 4.78 is 11.0. The molecule has 8 nitrogen and oxygen atoms in total. The summed E-state index contributed by atoms with van der Waals surface area (Å²) in [6, 6.07) is 7.63. The van der Waals surface area contributed by atoms with Crippen LogP contribution in [0.5, 0.6) is 0 Å². The molecule has 3 heterocycles. The SMILES string of the molecule is COCc1nsc(NC2CCC(n3nc(-c4ccncc4)ccc3=O)CC2)n1. The molecule has 28 heavy (non-hydrogen) atoms. The molecule has 0 unspecified atom stereocenters. The van der Waals surface area contributed by atoms with E-state index in [0.29, 0.717) is 18.5 Å². The Hall–Kier alpha value is -2.65. The van der Waals surface area contributed by atoms with E-state index >= 15 is 0 Å². The largest absolute Gasteiger partial charge is 0.377 e. The highest BCUT2D eigenvalue weighted by Crippen LogP contribution is 2.29.